The van der Waals surface area contributed by atoms with Gasteiger partial charge < -0.3 is 15.4 Å². The maximum atomic E-state index is 11.8. The molecule has 1 fully saturated rings. The van der Waals surface area contributed by atoms with Crippen LogP contribution in [0.2, 0.25) is 0 Å². The molecule has 3 N–H and O–H groups in total. The third kappa shape index (κ3) is 2.52. The van der Waals surface area contributed by atoms with Crippen molar-refractivity contribution in [3.63, 3.8) is 0 Å². The minimum atomic E-state index is 0.0853. The van der Waals surface area contributed by atoms with Crippen LogP contribution in [0.25, 0.3) is 0 Å². The average molecular weight is 221 g/mol. The van der Waals surface area contributed by atoms with Crippen LogP contribution in [0.5, 0.6) is 5.75 Å². The quantitative estimate of drug-likeness (QED) is 0.774. The average Bonchev–Trinajstić information content (AvgIpc) is 2.83. The molecule has 4 heteroatoms. The highest BCUT2D eigenvalue weighted by Gasteiger charge is 2.25. The molecule has 4 nitrogen and oxygen atoms in total. The van der Waals surface area contributed by atoms with Gasteiger partial charge in [-0.25, -0.2) is 0 Å². The summed E-state index contributed by atoms with van der Waals surface area (Å²) >= 11 is 0. The number of anilines is 1. The van der Waals surface area contributed by atoms with Gasteiger partial charge in [0.1, 0.15) is 5.75 Å². The number of amides is 1. The number of benzene rings is 1. The molecule has 1 aliphatic heterocycles. The standard InChI is InChI=1S/C12H16N2O2/c1-16-10-6-4-9(5-7-10)14-12(15)11-3-2-8-13-11/h4-7,11,13H,2-3,8H2,1H3,(H,14,15)/p+1/t11-/m1/s1. The maximum Gasteiger partial charge on any atom is 0.282 e. The number of hydrogen-bond donors (Lipinski definition) is 2. The molecule has 1 atom stereocenters. The van der Waals surface area contributed by atoms with E-state index in [1.54, 1.807) is 7.11 Å². The number of hydrogen-bond acceptors (Lipinski definition) is 2. The molecule has 1 aromatic rings. The van der Waals surface area contributed by atoms with Crippen LogP contribution in [0.4, 0.5) is 5.69 Å². The number of nitrogens with two attached hydrogens (primary N) is 1. The number of ether oxygens (including phenoxy) is 1. The SMILES string of the molecule is COc1ccc(NC(=O)[C@H]2CCC[NH2+]2)cc1. The van der Waals surface area contributed by atoms with Crippen LogP contribution in [0, 0.1) is 0 Å². The maximum absolute atomic E-state index is 11.8. The third-order valence-electron chi connectivity index (χ3n) is 2.86. The number of methoxy groups -OCH3 is 1. The van der Waals surface area contributed by atoms with Crippen molar-refractivity contribution in [3.8, 4) is 5.75 Å². The monoisotopic (exact) mass is 221 g/mol. The van der Waals surface area contributed by atoms with Crippen LogP contribution in [0.1, 0.15) is 12.8 Å². The first-order chi connectivity index (χ1) is 7.79. The van der Waals surface area contributed by atoms with Crippen molar-refractivity contribution in [2.75, 3.05) is 19.0 Å². The second-order valence-electron chi connectivity index (χ2n) is 3.99. The molecule has 1 amide bonds. The first-order valence-corrected chi connectivity index (χ1v) is 5.58. The van der Waals surface area contributed by atoms with Gasteiger partial charge in [0.2, 0.25) is 0 Å². The molecular formula is C12H17N2O2+. The Morgan fingerprint density at radius 1 is 1.44 bits per heavy atom. The molecule has 1 aliphatic rings. The normalized spacial score (nSPS) is 19.4. The summed E-state index contributed by atoms with van der Waals surface area (Å²) in [7, 11) is 1.63. The molecule has 0 unspecified atom stereocenters. The van der Waals surface area contributed by atoms with Gasteiger partial charge >= 0.3 is 0 Å². The largest absolute Gasteiger partial charge is 0.497 e. The molecule has 1 saturated heterocycles. The molecule has 86 valence electrons. The first kappa shape index (κ1) is 11.0. The van der Waals surface area contributed by atoms with Crippen LogP contribution in [-0.4, -0.2) is 25.6 Å². The summed E-state index contributed by atoms with van der Waals surface area (Å²) in [6.07, 6.45) is 2.10. The van der Waals surface area contributed by atoms with Gasteiger partial charge in [0.15, 0.2) is 6.04 Å². The van der Waals surface area contributed by atoms with E-state index in [0.717, 1.165) is 30.8 Å². The molecule has 0 aliphatic carbocycles. The van der Waals surface area contributed by atoms with Gasteiger partial charge in [-0.3, -0.25) is 4.79 Å². The van der Waals surface area contributed by atoms with E-state index in [2.05, 4.69) is 10.6 Å². The summed E-state index contributed by atoms with van der Waals surface area (Å²) in [6.45, 7) is 1.06. The fourth-order valence-corrected chi connectivity index (χ4v) is 1.92. The molecule has 0 spiro atoms. The second kappa shape index (κ2) is 4.99. The summed E-state index contributed by atoms with van der Waals surface area (Å²) in [4.78, 5) is 11.8. The summed E-state index contributed by atoms with van der Waals surface area (Å²) in [5.41, 5.74) is 0.825. The minimum Gasteiger partial charge on any atom is -0.497 e. The van der Waals surface area contributed by atoms with E-state index in [9.17, 15) is 4.79 Å². The topological polar surface area (TPSA) is 54.9 Å². The number of carbonyl (C=O) groups excluding carboxylic acids is 1. The Bertz CT molecular complexity index is 356. The lowest BCUT2D eigenvalue weighted by atomic mass is 10.2. The lowest BCUT2D eigenvalue weighted by Crippen LogP contribution is -2.88. The van der Waals surface area contributed by atoms with Crippen molar-refractivity contribution in [3.05, 3.63) is 24.3 Å². The smallest absolute Gasteiger partial charge is 0.282 e. The van der Waals surface area contributed by atoms with Gasteiger partial charge in [-0.15, -0.1) is 0 Å². The lowest BCUT2D eigenvalue weighted by molar-refractivity contribution is -0.656. The first-order valence-electron chi connectivity index (χ1n) is 5.58. The van der Waals surface area contributed by atoms with E-state index in [0.29, 0.717) is 0 Å². The Balaban J connectivity index is 1.94. The third-order valence-corrected chi connectivity index (χ3v) is 2.86. The van der Waals surface area contributed by atoms with Crippen molar-refractivity contribution >= 4 is 11.6 Å². The zero-order chi connectivity index (χ0) is 11.4. The van der Waals surface area contributed by atoms with Gasteiger partial charge in [0.05, 0.1) is 13.7 Å². The molecule has 0 bridgehead atoms. The van der Waals surface area contributed by atoms with Crippen molar-refractivity contribution in [1.29, 1.82) is 0 Å². The zero-order valence-electron chi connectivity index (χ0n) is 9.40. The summed E-state index contributed by atoms with van der Waals surface area (Å²) < 4.78 is 5.06. The number of rotatable bonds is 3. The van der Waals surface area contributed by atoms with E-state index >= 15 is 0 Å². The van der Waals surface area contributed by atoms with Gasteiger partial charge in [0, 0.05) is 18.5 Å². The van der Waals surface area contributed by atoms with Crippen molar-refractivity contribution < 1.29 is 14.8 Å². The second-order valence-corrected chi connectivity index (χ2v) is 3.99. The molecule has 0 saturated carbocycles. The molecule has 2 rings (SSSR count). The Morgan fingerprint density at radius 2 is 2.19 bits per heavy atom. The summed E-state index contributed by atoms with van der Waals surface area (Å²) in [6, 6.07) is 7.47. The number of nitrogens with one attached hydrogen (secondary N) is 1. The lowest BCUT2D eigenvalue weighted by Gasteiger charge is -2.09. The fraction of sp³-hybridized carbons (Fsp3) is 0.417. The van der Waals surface area contributed by atoms with Crippen LogP contribution >= 0.6 is 0 Å². The highest BCUT2D eigenvalue weighted by molar-refractivity contribution is 5.93. The Hall–Kier alpha value is -1.55. The summed E-state index contributed by atoms with van der Waals surface area (Å²) in [5, 5.41) is 5.01. The van der Waals surface area contributed by atoms with Crippen LogP contribution in [0.3, 0.4) is 0 Å². The van der Waals surface area contributed by atoms with Crippen molar-refractivity contribution in [2.45, 2.75) is 18.9 Å². The van der Waals surface area contributed by atoms with Crippen LogP contribution in [-0.2, 0) is 4.79 Å². The molecular weight excluding hydrogens is 204 g/mol. The van der Waals surface area contributed by atoms with Gasteiger partial charge in [-0.05, 0) is 24.3 Å². The van der Waals surface area contributed by atoms with E-state index in [1.165, 1.54) is 0 Å². The fourth-order valence-electron chi connectivity index (χ4n) is 1.92. The minimum absolute atomic E-state index is 0.0853. The molecule has 0 radical (unpaired) electrons. The highest BCUT2D eigenvalue weighted by Crippen LogP contribution is 2.15. The molecule has 1 aromatic carbocycles. The van der Waals surface area contributed by atoms with E-state index in [-0.39, 0.29) is 11.9 Å². The van der Waals surface area contributed by atoms with E-state index < -0.39 is 0 Å². The van der Waals surface area contributed by atoms with Crippen molar-refractivity contribution in [1.82, 2.24) is 0 Å². The van der Waals surface area contributed by atoms with Crippen LogP contribution < -0.4 is 15.4 Å². The zero-order valence-corrected chi connectivity index (χ0v) is 9.40. The number of quaternary nitrogens is 1. The van der Waals surface area contributed by atoms with Gasteiger partial charge in [-0.2, -0.15) is 0 Å². The molecule has 16 heavy (non-hydrogen) atoms. The number of carbonyl (C=O) groups is 1. The Labute approximate surface area is 95.0 Å². The summed E-state index contributed by atoms with van der Waals surface area (Å²) in [5.74, 6) is 0.896. The van der Waals surface area contributed by atoms with Crippen molar-refractivity contribution in [2.24, 2.45) is 0 Å². The Morgan fingerprint density at radius 3 is 2.75 bits per heavy atom. The van der Waals surface area contributed by atoms with E-state index in [1.807, 2.05) is 24.3 Å². The van der Waals surface area contributed by atoms with Gasteiger partial charge in [-0.1, -0.05) is 0 Å². The molecule has 1 heterocycles. The predicted octanol–water partition coefficient (Wildman–Crippen LogP) is 0.360. The molecule has 0 aromatic heterocycles. The Kier molecular flexibility index (Phi) is 3.41. The predicted molar refractivity (Wildman–Crippen MR) is 61.4 cm³/mol. The van der Waals surface area contributed by atoms with E-state index in [4.69, 9.17) is 4.74 Å². The van der Waals surface area contributed by atoms with Gasteiger partial charge in [0.25, 0.3) is 5.91 Å². The van der Waals surface area contributed by atoms with Crippen LogP contribution in [0.15, 0.2) is 24.3 Å². The highest BCUT2D eigenvalue weighted by atomic mass is 16.5.